The van der Waals surface area contributed by atoms with Crippen molar-refractivity contribution in [3.05, 3.63) is 81.9 Å². The fraction of sp³-hybridized carbons (Fsp3) is 0.519. The summed E-state index contributed by atoms with van der Waals surface area (Å²) < 4.78 is 0. The van der Waals surface area contributed by atoms with E-state index in [2.05, 4.69) is 86.9 Å². The number of hydrogen-bond donors (Lipinski definition) is 0. The van der Waals surface area contributed by atoms with Crippen molar-refractivity contribution in [1.29, 1.82) is 0 Å². The van der Waals surface area contributed by atoms with Crippen LogP contribution in [0.3, 0.4) is 0 Å². The molecule has 1 aromatic carbocycles. The van der Waals surface area contributed by atoms with E-state index in [1.165, 1.54) is 37.5 Å². The summed E-state index contributed by atoms with van der Waals surface area (Å²) in [5.74, 6) is 1.31. The number of allylic oxidation sites excluding steroid dienone is 3. The number of likely N-dealkylation sites (tertiary alicyclic amines) is 1. The molecule has 2 aliphatic carbocycles. The van der Waals surface area contributed by atoms with Crippen molar-refractivity contribution < 1.29 is 21.7 Å². The molecule has 2 nitrogen and oxygen atoms in total. The molecule has 1 aromatic rings. The van der Waals surface area contributed by atoms with Gasteiger partial charge in [-0.2, -0.15) is 0 Å². The largest absolute Gasteiger partial charge is 4.00 e. The molecule has 4 rings (SSSR count). The zero-order valence-electron chi connectivity index (χ0n) is 20.9. The molecule has 1 saturated carbocycles. The summed E-state index contributed by atoms with van der Waals surface area (Å²) in [4.78, 5) is 8.40. The Bertz CT molecular complexity index is 706. The number of rotatable bonds is 4. The van der Waals surface area contributed by atoms with E-state index in [0.29, 0.717) is 23.4 Å². The maximum absolute atomic E-state index is 5.61. The smallest absolute Gasteiger partial charge is 0.656 e. The molecule has 0 bridgehead atoms. The van der Waals surface area contributed by atoms with Gasteiger partial charge in [-0.15, -0.1) is 5.54 Å². The molecule has 0 N–H and O–H groups in total. The van der Waals surface area contributed by atoms with E-state index in [9.17, 15) is 0 Å². The van der Waals surface area contributed by atoms with Crippen LogP contribution >= 0.6 is 0 Å². The van der Waals surface area contributed by atoms with Gasteiger partial charge in [-0.25, -0.2) is 0 Å². The van der Waals surface area contributed by atoms with Crippen LogP contribution in [0.5, 0.6) is 0 Å². The van der Waals surface area contributed by atoms with Gasteiger partial charge in [0.2, 0.25) is 0 Å². The van der Waals surface area contributed by atoms with Crippen molar-refractivity contribution in [1.82, 2.24) is 4.90 Å². The Morgan fingerprint density at radius 3 is 2.00 bits per heavy atom. The molecule has 5 atom stereocenters. The van der Waals surface area contributed by atoms with Crippen LogP contribution in [0.15, 0.2) is 54.6 Å². The summed E-state index contributed by atoms with van der Waals surface area (Å²) in [5.41, 5.74) is 0.683. The second kappa shape index (κ2) is 12.1. The van der Waals surface area contributed by atoms with Crippen molar-refractivity contribution in [3.8, 4) is 0 Å². The Balaban J connectivity index is 0.00000225. The van der Waals surface area contributed by atoms with Gasteiger partial charge in [0, 0.05) is 6.04 Å². The summed E-state index contributed by atoms with van der Waals surface area (Å²) >= 11 is 0. The number of benzene rings is 1. The fourth-order valence-corrected chi connectivity index (χ4v) is 10.7. The maximum atomic E-state index is 5.61. The maximum Gasteiger partial charge on any atom is 4.00 e. The monoisotopic (exact) mass is 472 g/mol. The molecule has 1 aliphatic heterocycles. The molecule has 0 amide bonds. The minimum Gasteiger partial charge on any atom is -0.656 e. The standard InChI is InChI=1S/C24H35N2Si.3CH3.Ti/c1-24(2,3)25-27(4,19-12-6-5-7-13-19)23-18-22(26-16-10-11-17-26)20-14-8-9-15-21(20)23;;;;/h5-9,12-15,20-23H,10-11,16-18H2,1-4H3;3*1H3;/q4*-1;+4. The Hall–Kier alpha value is -0.449. The van der Waals surface area contributed by atoms with Gasteiger partial charge in [-0.05, 0) is 52.4 Å². The first-order chi connectivity index (χ1) is 12.9. The quantitative estimate of drug-likeness (QED) is 0.357. The van der Waals surface area contributed by atoms with Crippen molar-refractivity contribution in [2.45, 2.75) is 63.7 Å². The minimum absolute atomic E-state index is 0. The fourth-order valence-electron chi connectivity index (χ4n) is 5.91. The predicted octanol–water partition coefficient (Wildman–Crippen LogP) is 6.59. The molecule has 3 aliphatic rings. The number of hydrogen-bond acceptors (Lipinski definition) is 1. The predicted molar refractivity (Wildman–Crippen MR) is 138 cm³/mol. The van der Waals surface area contributed by atoms with Crippen molar-refractivity contribution in [2.24, 2.45) is 11.8 Å². The van der Waals surface area contributed by atoms with E-state index in [0.717, 1.165) is 0 Å². The molecule has 2 fully saturated rings. The van der Waals surface area contributed by atoms with E-state index in [1.807, 2.05) is 0 Å². The van der Waals surface area contributed by atoms with Crippen LogP contribution in [-0.4, -0.2) is 37.8 Å². The molecule has 1 saturated heterocycles. The Kier molecular flexibility index (Phi) is 12.0. The summed E-state index contributed by atoms with van der Waals surface area (Å²) in [7, 11) is -2.02. The third-order valence-electron chi connectivity index (χ3n) is 6.88. The van der Waals surface area contributed by atoms with Gasteiger partial charge in [0.05, 0.1) is 0 Å². The van der Waals surface area contributed by atoms with E-state index in [-0.39, 0.29) is 49.5 Å². The van der Waals surface area contributed by atoms with Crippen molar-refractivity contribution in [3.63, 3.8) is 0 Å². The molecule has 0 spiro atoms. The second-order valence-corrected chi connectivity index (χ2v) is 13.7. The van der Waals surface area contributed by atoms with Gasteiger partial charge in [0.15, 0.2) is 0 Å². The molecule has 170 valence electrons. The van der Waals surface area contributed by atoms with Gasteiger partial charge in [-0.1, -0.05) is 92.7 Å². The van der Waals surface area contributed by atoms with Gasteiger partial charge < -0.3 is 27.3 Å². The first-order valence-electron chi connectivity index (χ1n) is 10.8. The van der Waals surface area contributed by atoms with Crippen LogP contribution in [0.4, 0.5) is 0 Å². The summed E-state index contributed by atoms with van der Waals surface area (Å²) in [6.07, 6.45) is 13.6. The first kappa shape index (κ1) is 30.6. The first-order valence-corrected chi connectivity index (χ1v) is 13.3. The van der Waals surface area contributed by atoms with Crippen LogP contribution in [-0.2, 0) is 21.7 Å². The minimum atomic E-state index is -2.02. The summed E-state index contributed by atoms with van der Waals surface area (Å²) in [5, 5.41) is 1.51. The van der Waals surface area contributed by atoms with Crippen LogP contribution in [0.2, 0.25) is 12.1 Å². The van der Waals surface area contributed by atoms with E-state index < -0.39 is 8.24 Å². The number of nitrogens with zero attached hydrogens (tertiary/aromatic N) is 2. The Morgan fingerprint density at radius 2 is 1.45 bits per heavy atom. The third kappa shape index (κ3) is 6.33. The van der Waals surface area contributed by atoms with Gasteiger partial charge in [-0.3, -0.25) is 4.90 Å². The van der Waals surface area contributed by atoms with E-state index in [4.69, 9.17) is 4.98 Å². The molecule has 5 unspecified atom stereocenters. The SMILES string of the molecule is CC(C)(C)[N-][Si](C)(c1ccccc1)C1CC(N2CCCC2)C2C=CC=CC21.[CH3-].[CH3-].[CH3-].[Ti+4]. The van der Waals surface area contributed by atoms with E-state index in [1.54, 1.807) is 0 Å². The zero-order valence-corrected chi connectivity index (χ0v) is 23.5. The molecule has 31 heavy (non-hydrogen) atoms. The Morgan fingerprint density at radius 1 is 0.903 bits per heavy atom. The van der Waals surface area contributed by atoms with E-state index >= 15 is 0 Å². The zero-order chi connectivity index (χ0) is 19.1. The van der Waals surface area contributed by atoms with Gasteiger partial charge in [0.1, 0.15) is 0 Å². The molecule has 0 aromatic heterocycles. The van der Waals surface area contributed by atoms with Crippen LogP contribution in [0.1, 0.15) is 40.0 Å². The Labute approximate surface area is 209 Å². The molecule has 1 heterocycles. The van der Waals surface area contributed by atoms with Gasteiger partial charge in [0.25, 0.3) is 0 Å². The molecular weight excluding hydrogens is 428 g/mol. The topological polar surface area (TPSA) is 17.3 Å². The van der Waals surface area contributed by atoms with Crippen molar-refractivity contribution in [2.75, 3.05) is 13.1 Å². The average molecular weight is 473 g/mol. The van der Waals surface area contributed by atoms with Crippen LogP contribution in [0, 0.1) is 34.1 Å². The molecule has 4 heteroatoms. The van der Waals surface area contributed by atoms with Crippen LogP contribution < -0.4 is 5.19 Å². The second-order valence-electron chi connectivity index (χ2n) is 9.87. The van der Waals surface area contributed by atoms with Crippen molar-refractivity contribution >= 4 is 13.4 Å². The van der Waals surface area contributed by atoms with Crippen LogP contribution in [0.25, 0.3) is 4.98 Å². The normalized spacial score (nSPS) is 28.9. The third-order valence-corrected chi connectivity index (χ3v) is 11.6. The summed E-state index contributed by atoms with van der Waals surface area (Å²) in [6.45, 7) is 12.0. The van der Waals surface area contributed by atoms with Gasteiger partial charge >= 0.3 is 21.7 Å². The molecule has 0 radical (unpaired) electrons. The summed E-state index contributed by atoms with van der Waals surface area (Å²) in [6, 6.07) is 12.0. The number of fused-ring (bicyclic) bond motifs is 1. The molecular formula is C27H44N2SiTi. The average Bonchev–Trinajstić information content (AvgIpc) is 3.29.